The lowest BCUT2D eigenvalue weighted by molar-refractivity contribution is -0.0159. The Kier molecular flexibility index (Phi) is 5.05. The Morgan fingerprint density at radius 3 is 2.39 bits per heavy atom. The first-order valence-electron chi connectivity index (χ1n) is 7.73. The summed E-state index contributed by atoms with van der Waals surface area (Å²) < 4.78 is 5.73. The van der Waals surface area contributed by atoms with Crippen molar-refractivity contribution in [3.05, 3.63) is 0 Å². The molecule has 1 heterocycles. The van der Waals surface area contributed by atoms with Crippen LogP contribution in [0.2, 0.25) is 0 Å². The summed E-state index contributed by atoms with van der Waals surface area (Å²) in [6.07, 6.45) is 5.38. The van der Waals surface area contributed by atoms with Crippen molar-refractivity contribution in [2.75, 3.05) is 19.7 Å². The maximum absolute atomic E-state index is 6.41. The lowest BCUT2D eigenvalue weighted by atomic mass is 9.76. The van der Waals surface area contributed by atoms with Crippen molar-refractivity contribution in [3.63, 3.8) is 0 Å². The molecule has 1 saturated carbocycles. The maximum Gasteiger partial charge on any atom is 0.0599 e. The molecule has 0 radical (unpaired) electrons. The van der Waals surface area contributed by atoms with Crippen LogP contribution in [0, 0.1) is 11.8 Å². The van der Waals surface area contributed by atoms with Gasteiger partial charge in [0.2, 0.25) is 0 Å². The molecule has 3 nitrogen and oxygen atoms in total. The fraction of sp³-hybridized carbons (Fsp3) is 1.00. The number of ether oxygens (including phenoxy) is 1. The Morgan fingerprint density at radius 2 is 1.83 bits per heavy atom. The van der Waals surface area contributed by atoms with Gasteiger partial charge in [-0.25, -0.2) is 0 Å². The molecule has 0 aromatic carbocycles. The Labute approximate surface area is 112 Å². The predicted octanol–water partition coefficient (Wildman–Crippen LogP) is 2.25. The van der Waals surface area contributed by atoms with Gasteiger partial charge in [-0.3, -0.25) is 4.90 Å². The molecule has 1 aliphatic heterocycles. The molecule has 0 aromatic rings. The molecule has 0 bridgehead atoms. The van der Waals surface area contributed by atoms with E-state index in [2.05, 4.69) is 25.7 Å². The molecule has 0 aromatic heterocycles. The molecular weight excluding hydrogens is 224 g/mol. The Bertz CT molecular complexity index is 239. The topological polar surface area (TPSA) is 38.5 Å². The zero-order chi connectivity index (χ0) is 13.1. The first-order chi connectivity index (χ1) is 8.61. The lowest BCUT2D eigenvalue weighted by Crippen LogP contribution is -2.57. The van der Waals surface area contributed by atoms with E-state index in [0.717, 1.165) is 18.4 Å². The summed E-state index contributed by atoms with van der Waals surface area (Å²) in [6, 6.07) is 0.969. The van der Waals surface area contributed by atoms with Gasteiger partial charge in [-0.05, 0) is 44.4 Å². The van der Waals surface area contributed by atoms with Gasteiger partial charge in [0.05, 0.1) is 6.10 Å². The summed E-state index contributed by atoms with van der Waals surface area (Å²) in [4.78, 5) is 2.64. The highest BCUT2D eigenvalue weighted by molar-refractivity contribution is 4.93. The predicted molar refractivity (Wildman–Crippen MR) is 75.5 cm³/mol. The van der Waals surface area contributed by atoms with E-state index >= 15 is 0 Å². The summed E-state index contributed by atoms with van der Waals surface area (Å²) >= 11 is 0. The van der Waals surface area contributed by atoms with Crippen LogP contribution in [-0.4, -0.2) is 42.8 Å². The first kappa shape index (κ1) is 14.3. The maximum atomic E-state index is 6.41. The van der Waals surface area contributed by atoms with Crippen molar-refractivity contribution in [3.8, 4) is 0 Å². The molecule has 3 heteroatoms. The SMILES string of the molecule is CCOC1CCN(C2C(C)CC(C)CC2N)CC1. The standard InChI is InChI=1S/C15H30N2O/c1-4-18-13-5-7-17(8-6-13)15-12(3)9-11(2)10-14(15)16/h11-15H,4-10,16H2,1-3H3. The third kappa shape index (κ3) is 3.25. The van der Waals surface area contributed by atoms with Gasteiger partial charge in [0.25, 0.3) is 0 Å². The Morgan fingerprint density at radius 1 is 1.17 bits per heavy atom. The smallest absolute Gasteiger partial charge is 0.0599 e. The van der Waals surface area contributed by atoms with Gasteiger partial charge in [-0.1, -0.05) is 13.8 Å². The second kappa shape index (κ2) is 6.36. The molecule has 2 rings (SSSR count). The van der Waals surface area contributed by atoms with Gasteiger partial charge in [-0.15, -0.1) is 0 Å². The van der Waals surface area contributed by atoms with Gasteiger partial charge in [-0.2, -0.15) is 0 Å². The van der Waals surface area contributed by atoms with Crippen LogP contribution in [0.15, 0.2) is 0 Å². The van der Waals surface area contributed by atoms with E-state index in [1.54, 1.807) is 0 Å². The van der Waals surface area contributed by atoms with Crippen molar-refractivity contribution in [1.82, 2.24) is 4.90 Å². The van der Waals surface area contributed by atoms with Crippen LogP contribution in [0.4, 0.5) is 0 Å². The Hall–Kier alpha value is -0.120. The molecule has 106 valence electrons. The van der Waals surface area contributed by atoms with Crippen LogP contribution < -0.4 is 5.73 Å². The van der Waals surface area contributed by atoms with E-state index in [1.807, 2.05) is 0 Å². The van der Waals surface area contributed by atoms with E-state index in [-0.39, 0.29) is 0 Å². The minimum absolute atomic E-state index is 0.368. The fourth-order valence-corrected chi connectivity index (χ4v) is 4.10. The van der Waals surface area contributed by atoms with Crippen LogP contribution in [0.5, 0.6) is 0 Å². The quantitative estimate of drug-likeness (QED) is 0.839. The molecule has 1 saturated heterocycles. The fourth-order valence-electron chi connectivity index (χ4n) is 4.10. The van der Waals surface area contributed by atoms with Crippen LogP contribution in [0.3, 0.4) is 0 Å². The second-order valence-corrected chi connectivity index (χ2v) is 6.40. The first-order valence-corrected chi connectivity index (χ1v) is 7.73. The van der Waals surface area contributed by atoms with Gasteiger partial charge in [0.15, 0.2) is 0 Å². The van der Waals surface area contributed by atoms with Crippen molar-refractivity contribution >= 4 is 0 Å². The number of hydrogen-bond donors (Lipinski definition) is 1. The lowest BCUT2D eigenvalue weighted by Gasteiger charge is -2.46. The highest BCUT2D eigenvalue weighted by atomic mass is 16.5. The van der Waals surface area contributed by atoms with Gasteiger partial charge >= 0.3 is 0 Å². The molecule has 0 spiro atoms. The van der Waals surface area contributed by atoms with Crippen molar-refractivity contribution in [2.45, 2.75) is 64.6 Å². The highest BCUT2D eigenvalue weighted by Gasteiger charge is 2.37. The normalized spacial score (nSPS) is 40.0. The molecule has 4 unspecified atom stereocenters. The molecule has 18 heavy (non-hydrogen) atoms. The number of likely N-dealkylation sites (tertiary alicyclic amines) is 1. The van der Waals surface area contributed by atoms with Crippen LogP contribution >= 0.6 is 0 Å². The molecular formula is C15H30N2O. The number of nitrogens with zero attached hydrogens (tertiary/aromatic N) is 1. The average Bonchev–Trinajstić information content (AvgIpc) is 2.30. The largest absolute Gasteiger partial charge is 0.378 e. The molecule has 2 aliphatic rings. The number of rotatable bonds is 3. The minimum Gasteiger partial charge on any atom is -0.378 e. The monoisotopic (exact) mass is 254 g/mol. The van der Waals surface area contributed by atoms with Crippen LogP contribution in [0.1, 0.15) is 46.5 Å². The summed E-state index contributed by atoms with van der Waals surface area (Å²) in [5, 5.41) is 0. The summed E-state index contributed by atoms with van der Waals surface area (Å²) in [6.45, 7) is 10.0. The third-order valence-corrected chi connectivity index (χ3v) is 4.77. The molecule has 0 amide bonds. The molecule has 1 aliphatic carbocycles. The Balaban J connectivity index is 1.88. The number of hydrogen-bond acceptors (Lipinski definition) is 3. The van der Waals surface area contributed by atoms with E-state index in [1.165, 1.54) is 38.8 Å². The van der Waals surface area contributed by atoms with E-state index in [0.29, 0.717) is 18.2 Å². The van der Waals surface area contributed by atoms with E-state index in [4.69, 9.17) is 10.5 Å². The van der Waals surface area contributed by atoms with Crippen molar-refractivity contribution in [1.29, 1.82) is 0 Å². The zero-order valence-corrected chi connectivity index (χ0v) is 12.3. The molecule has 4 atom stereocenters. The minimum atomic E-state index is 0.368. The zero-order valence-electron chi connectivity index (χ0n) is 12.3. The van der Waals surface area contributed by atoms with Crippen molar-refractivity contribution in [2.24, 2.45) is 17.6 Å². The van der Waals surface area contributed by atoms with Gasteiger partial charge in [0.1, 0.15) is 0 Å². The van der Waals surface area contributed by atoms with Gasteiger partial charge < -0.3 is 10.5 Å². The van der Waals surface area contributed by atoms with Crippen LogP contribution in [0.25, 0.3) is 0 Å². The summed E-state index contributed by atoms with van der Waals surface area (Å²) in [7, 11) is 0. The highest BCUT2D eigenvalue weighted by Crippen LogP contribution is 2.32. The second-order valence-electron chi connectivity index (χ2n) is 6.40. The number of piperidine rings is 1. The summed E-state index contributed by atoms with van der Waals surface area (Å²) in [5.74, 6) is 1.54. The van der Waals surface area contributed by atoms with Gasteiger partial charge in [0, 0.05) is 31.8 Å². The molecule has 2 fully saturated rings. The van der Waals surface area contributed by atoms with E-state index in [9.17, 15) is 0 Å². The van der Waals surface area contributed by atoms with Crippen LogP contribution in [-0.2, 0) is 4.74 Å². The third-order valence-electron chi connectivity index (χ3n) is 4.77. The number of nitrogens with two attached hydrogens (primary N) is 1. The van der Waals surface area contributed by atoms with Crippen molar-refractivity contribution < 1.29 is 4.74 Å². The average molecular weight is 254 g/mol. The molecule has 2 N–H and O–H groups in total. The van der Waals surface area contributed by atoms with E-state index < -0.39 is 0 Å². The summed E-state index contributed by atoms with van der Waals surface area (Å²) in [5.41, 5.74) is 6.41.